The smallest absolute Gasteiger partial charge is 0.225 e. The minimum Gasteiger partial charge on any atom is -0.326 e. The Morgan fingerprint density at radius 1 is 1.14 bits per heavy atom. The number of fused-ring (bicyclic) bond motifs is 1. The number of benzene rings is 2. The van der Waals surface area contributed by atoms with Crippen LogP contribution in [0.15, 0.2) is 50.2 Å². The van der Waals surface area contributed by atoms with Gasteiger partial charge in [-0.15, -0.1) is 0 Å². The summed E-state index contributed by atoms with van der Waals surface area (Å²) in [5.41, 5.74) is 1.83. The van der Waals surface area contributed by atoms with Crippen molar-refractivity contribution in [1.82, 2.24) is 0 Å². The molecular weight excluding hydrogens is 524 g/mol. The van der Waals surface area contributed by atoms with Crippen molar-refractivity contribution < 1.29 is 18.0 Å². The van der Waals surface area contributed by atoms with Gasteiger partial charge in [0.15, 0.2) is 9.84 Å². The van der Waals surface area contributed by atoms with E-state index >= 15 is 0 Å². The zero-order chi connectivity index (χ0) is 21.3. The van der Waals surface area contributed by atoms with E-state index in [1.54, 1.807) is 24.3 Å². The molecular formula is C20H20Br2N2O4S. The maximum Gasteiger partial charge on any atom is 0.225 e. The van der Waals surface area contributed by atoms with E-state index in [-0.39, 0.29) is 34.9 Å². The Kier molecular flexibility index (Phi) is 6.50. The number of nitrogens with zero attached hydrogens (tertiary/aromatic N) is 1. The Morgan fingerprint density at radius 2 is 1.79 bits per heavy atom. The van der Waals surface area contributed by atoms with Gasteiger partial charge in [-0.3, -0.25) is 9.59 Å². The lowest BCUT2D eigenvalue weighted by Gasteiger charge is -2.23. The molecule has 0 bridgehead atoms. The predicted octanol–water partition coefficient (Wildman–Crippen LogP) is 4.31. The van der Waals surface area contributed by atoms with E-state index < -0.39 is 9.84 Å². The molecule has 9 heteroatoms. The van der Waals surface area contributed by atoms with E-state index in [9.17, 15) is 18.0 Å². The summed E-state index contributed by atoms with van der Waals surface area (Å²) in [5, 5.41) is 2.69. The van der Waals surface area contributed by atoms with Crippen LogP contribution in [0.2, 0.25) is 0 Å². The van der Waals surface area contributed by atoms with Crippen molar-refractivity contribution in [2.45, 2.75) is 37.6 Å². The Morgan fingerprint density at radius 3 is 2.41 bits per heavy atom. The van der Waals surface area contributed by atoms with Crippen molar-refractivity contribution in [3.63, 3.8) is 0 Å². The van der Waals surface area contributed by atoms with Crippen LogP contribution in [0.3, 0.4) is 0 Å². The predicted molar refractivity (Wildman–Crippen MR) is 120 cm³/mol. The van der Waals surface area contributed by atoms with Gasteiger partial charge < -0.3 is 10.2 Å². The molecule has 1 aliphatic rings. The number of amides is 2. The molecule has 0 fully saturated rings. The van der Waals surface area contributed by atoms with Gasteiger partial charge in [-0.1, -0.05) is 31.9 Å². The van der Waals surface area contributed by atoms with Gasteiger partial charge in [0.1, 0.15) is 0 Å². The van der Waals surface area contributed by atoms with Crippen LogP contribution in [0.4, 0.5) is 11.4 Å². The van der Waals surface area contributed by atoms with Crippen LogP contribution in [0.1, 0.15) is 25.8 Å². The average Bonchev–Trinajstić information content (AvgIpc) is 2.97. The van der Waals surface area contributed by atoms with Crippen molar-refractivity contribution >= 4 is 64.9 Å². The highest BCUT2D eigenvalue weighted by Crippen LogP contribution is 2.40. The third-order valence-corrected chi connectivity index (χ3v) is 7.43. The molecule has 0 radical (unpaired) electrons. The molecule has 2 amide bonds. The summed E-state index contributed by atoms with van der Waals surface area (Å²) in [4.78, 5) is 26.0. The second-order valence-corrected chi connectivity index (χ2v) is 10.9. The molecule has 0 aromatic heterocycles. The van der Waals surface area contributed by atoms with Gasteiger partial charge in [-0.05, 0) is 55.3 Å². The third-order valence-electron chi connectivity index (χ3n) is 4.72. The lowest BCUT2D eigenvalue weighted by Crippen LogP contribution is -2.34. The summed E-state index contributed by atoms with van der Waals surface area (Å²) in [6.07, 6.45) is 0.399. The van der Waals surface area contributed by atoms with Gasteiger partial charge in [0.25, 0.3) is 0 Å². The monoisotopic (exact) mass is 542 g/mol. The molecule has 0 unspecified atom stereocenters. The molecule has 1 N–H and O–H groups in total. The van der Waals surface area contributed by atoms with Crippen LogP contribution < -0.4 is 10.2 Å². The van der Waals surface area contributed by atoms with Gasteiger partial charge in [-0.2, -0.15) is 0 Å². The molecule has 2 aromatic rings. The lowest BCUT2D eigenvalue weighted by molar-refractivity contribution is -0.117. The van der Waals surface area contributed by atoms with Crippen LogP contribution in [-0.4, -0.2) is 32.0 Å². The fraction of sp³-hybridized carbons (Fsp3) is 0.300. The number of carbonyl (C=O) groups is 2. The average molecular weight is 544 g/mol. The Labute approximate surface area is 186 Å². The van der Waals surface area contributed by atoms with Crippen LogP contribution in [-0.2, 0) is 25.8 Å². The number of halogens is 2. The zero-order valence-electron chi connectivity index (χ0n) is 15.9. The topological polar surface area (TPSA) is 83.6 Å². The number of hydrogen-bond donors (Lipinski definition) is 1. The molecule has 29 heavy (non-hydrogen) atoms. The molecule has 0 saturated carbocycles. The fourth-order valence-corrected chi connectivity index (χ4v) is 5.91. The quantitative estimate of drug-likeness (QED) is 0.609. The molecule has 0 aliphatic carbocycles. The zero-order valence-corrected chi connectivity index (χ0v) is 19.9. The summed E-state index contributed by atoms with van der Waals surface area (Å²) in [5.74, 6) is -0.944. The van der Waals surface area contributed by atoms with Gasteiger partial charge in [-0.25, -0.2) is 8.42 Å². The molecule has 2 aromatic carbocycles. The highest BCUT2D eigenvalue weighted by molar-refractivity contribution is 9.10. The summed E-state index contributed by atoms with van der Waals surface area (Å²) < 4.78 is 27.7. The number of nitrogens with one attached hydrogen (secondary N) is 1. The minimum absolute atomic E-state index is 0.0814. The molecule has 1 aliphatic heterocycles. The SMILES string of the molecule is CC(=O)N1c2c(cc(Br)cc2S(=O)(=O)CCC(=O)Nc2ccc(Br)cc2)C[C@@H]1C. The first-order valence-corrected chi connectivity index (χ1v) is 12.2. The normalized spacial score (nSPS) is 15.9. The largest absolute Gasteiger partial charge is 0.326 e. The lowest BCUT2D eigenvalue weighted by atomic mass is 10.1. The first-order chi connectivity index (χ1) is 13.6. The molecule has 1 heterocycles. The van der Waals surface area contributed by atoms with E-state index in [0.29, 0.717) is 22.3 Å². The van der Waals surface area contributed by atoms with Gasteiger partial charge in [0.2, 0.25) is 11.8 Å². The summed E-state index contributed by atoms with van der Waals surface area (Å²) in [6, 6.07) is 10.3. The van der Waals surface area contributed by atoms with Crippen molar-refractivity contribution in [3.8, 4) is 0 Å². The van der Waals surface area contributed by atoms with Gasteiger partial charge in [0, 0.05) is 34.0 Å². The Hall–Kier alpha value is -1.71. The summed E-state index contributed by atoms with van der Waals surface area (Å²) >= 11 is 6.68. The maximum atomic E-state index is 13.1. The second-order valence-electron chi connectivity index (χ2n) is 6.98. The van der Waals surface area contributed by atoms with Crippen LogP contribution in [0.5, 0.6) is 0 Å². The summed E-state index contributed by atoms with van der Waals surface area (Å²) in [7, 11) is -3.78. The highest BCUT2D eigenvalue weighted by atomic mass is 79.9. The number of hydrogen-bond acceptors (Lipinski definition) is 4. The second kappa shape index (κ2) is 8.57. The molecule has 3 rings (SSSR count). The Bertz CT molecular complexity index is 1070. The van der Waals surface area contributed by atoms with Crippen LogP contribution in [0, 0.1) is 0 Å². The molecule has 6 nitrogen and oxygen atoms in total. The Balaban J connectivity index is 1.82. The number of carbonyl (C=O) groups excluding carboxylic acids is 2. The van der Waals surface area contributed by atoms with E-state index in [2.05, 4.69) is 37.2 Å². The molecule has 0 spiro atoms. The van der Waals surface area contributed by atoms with Crippen molar-refractivity contribution in [1.29, 1.82) is 0 Å². The summed E-state index contributed by atoms with van der Waals surface area (Å²) in [6.45, 7) is 3.31. The number of rotatable bonds is 5. The maximum absolute atomic E-state index is 13.1. The number of sulfone groups is 1. The van der Waals surface area contributed by atoms with Crippen molar-refractivity contribution in [2.24, 2.45) is 0 Å². The van der Waals surface area contributed by atoms with Crippen molar-refractivity contribution in [2.75, 3.05) is 16.0 Å². The van der Waals surface area contributed by atoms with E-state index in [4.69, 9.17) is 0 Å². The number of anilines is 2. The van der Waals surface area contributed by atoms with E-state index in [0.717, 1.165) is 10.0 Å². The minimum atomic E-state index is -3.78. The third kappa shape index (κ3) is 4.90. The van der Waals surface area contributed by atoms with Crippen LogP contribution >= 0.6 is 31.9 Å². The highest BCUT2D eigenvalue weighted by Gasteiger charge is 2.35. The van der Waals surface area contributed by atoms with Gasteiger partial charge >= 0.3 is 0 Å². The first-order valence-electron chi connectivity index (χ1n) is 8.99. The fourth-order valence-electron chi connectivity index (χ4n) is 3.49. The molecule has 154 valence electrons. The van der Waals surface area contributed by atoms with Crippen LogP contribution in [0.25, 0.3) is 0 Å². The standard InChI is InChI=1S/C20H20Br2N2O4S/c1-12-9-14-10-16(22)11-18(20(14)24(12)13(2)25)29(27,28)8-7-19(26)23-17-5-3-15(21)4-6-17/h3-6,10-12H,7-9H2,1-2H3,(H,23,26)/t12-/m0/s1. The van der Waals surface area contributed by atoms with E-state index in [1.165, 1.54) is 17.9 Å². The van der Waals surface area contributed by atoms with Crippen molar-refractivity contribution in [3.05, 3.63) is 50.9 Å². The van der Waals surface area contributed by atoms with E-state index in [1.807, 2.05) is 13.0 Å². The molecule has 0 saturated heterocycles. The van der Waals surface area contributed by atoms with Gasteiger partial charge in [0.05, 0.1) is 16.3 Å². The molecule has 1 atom stereocenters. The first kappa shape index (κ1) is 22.0.